The van der Waals surface area contributed by atoms with Crippen molar-refractivity contribution >= 4 is 5.69 Å². The van der Waals surface area contributed by atoms with E-state index in [4.69, 9.17) is 5.73 Å². The van der Waals surface area contributed by atoms with Gasteiger partial charge in [-0.1, -0.05) is 36.4 Å². The Balaban J connectivity index is 2.18. The first kappa shape index (κ1) is 11.4. The van der Waals surface area contributed by atoms with Crippen molar-refractivity contribution in [3.05, 3.63) is 54.1 Å². The van der Waals surface area contributed by atoms with Crippen LogP contribution in [0, 0.1) is 6.92 Å². The number of rotatable bonds is 2. The lowest BCUT2D eigenvalue weighted by Crippen LogP contribution is -2.03. The summed E-state index contributed by atoms with van der Waals surface area (Å²) in [5, 5.41) is 11.9. The van der Waals surface area contributed by atoms with E-state index < -0.39 is 0 Å². The number of nitrogens with zero attached hydrogens (tertiary/aromatic N) is 4. The number of aromatic nitrogens is 4. The zero-order valence-corrected chi connectivity index (χ0v) is 10.5. The predicted molar refractivity (Wildman–Crippen MR) is 73.7 cm³/mol. The van der Waals surface area contributed by atoms with Crippen molar-refractivity contribution in [2.24, 2.45) is 0 Å². The van der Waals surface area contributed by atoms with Gasteiger partial charge in [-0.3, -0.25) is 0 Å². The fourth-order valence-corrected chi connectivity index (χ4v) is 1.97. The number of hydrogen-bond acceptors (Lipinski definition) is 4. The lowest BCUT2D eigenvalue weighted by atomic mass is 10.1. The van der Waals surface area contributed by atoms with Gasteiger partial charge in [0.15, 0.2) is 5.82 Å². The first-order valence-corrected chi connectivity index (χ1v) is 5.96. The van der Waals surface area contributed by atoms with Gasteiger partial charge in [0.1, 0.15) is 0 Å². The zero-order chi connectivity index (χ0) is 13.2. The molecule has 0 fully saturated rings. The number of aryl methyl sites for hydroxylation is 1. The van der Waals surface area contributed by atoms with Crippen LogP contribution in [0.1, 0.15) is 5.56 Å². The molecule has 0 atom stereocenters. The van der Waals surface area contributed by atoms with Crippen LogP contribution >= 0.6 is 0 Å². The van der Waals surface area contributed by atoms with E-state index in [1.165, 1.54) is 0 Å². The Hall–Kier alpha value is -2.69. The van der Waals surface area contributed by atoms with E-state index in [0.29, 0.717) is 11.5 Å². The van der Waals surface area contributed by atoms with Crippen molar-refractivity contribution in [3.63, 3.8) is 0 Å². The fraction of sp³-hybridized carbons (Fsp3) is 0.0714. The van der Waals surface area contributed by atoms with Crippen LogP contribution in [0.2, 0.25) is 0 Å². The quantitative estimate of drug-likeness (QED) is 0.709. The maximum atomic E-state index is 5.84. The molecule has 2 aromatic carbocycles. The number of tetrazole rings is 1. The number of anilines is 1. The van der Waals surface area contributed by atoms with Crippen LogP contribution in [-0.2, 0) is 0 Å². The van der Waals surface area contributed by atoms with Gasteiger partial charge >= 0.3 is 0 Å². The van der Waals surface area contributed by atoms with Crippen LogP contribution in [-0.4, -0.2) is 20.2 Å². The number of nitrogens with two attached hydrogens (primary N) is 1. The van der Waals surface area contributed by atoms with Gasteiger partial charge in [-0.15, -0.1) is 5.10 Å². The molecule has 0 saturated carbocycles. The Bertz CT molecular complexity index is 703. The highest BCUT2D eigenvalue weighted by Gasteiger charge is 2.12. The van der Waals surface area contributed by atoms with Gasteiger partial charge in [0, 0.05) is 11.3 Å². The summed E-state index contributed by atoms with van der Waals surface area (Å²) in [5.74, 6) is 0.703. The summed E-state index contributed by atoms with van der Waals surface area (Å²) < 4.78 is 1.71. The van der Waals surface area contributed by atoms with E-state index in [1.807, 2.05) is 55.5 Å². The molecule has 0 radical (unpaired) electrons. The van der Waals surface area contributed by atoms with Gasteiger partial charge in [-0.25, -0.2) is 0 Å². The lowest BCUT2D eigenvalue weighted by molar-refractivity contribution is 0.788. The maximum Gasteiger partial charge on any atom is 0.187 e. The van der Waals surface area contributed by atoms with Crippen molar-refractivity contribution in [1.82, 2.24) is 20.2 Å². The minimum absolute atomic E-state index is 0.690. The van der Waals surface area contributed by atoms with E-state index in [2.05, 4.69) is 15.5 Å². The minimum Gasteiger partial charge on any atom is -0.399 e. The molecule has 0 saturated heterocycles. The summed E-state index contributed by atoms with van der Waals surface area (Å²) in [4.78, 5) is 0. The molecule has 1 aromatic heterocycles. The summed E-state index contributed by atoms with van der Waals surface area (Å²) >= 11 is 0. The molecule has 0 spiro atoms. The third-order valence-corrected chi connectivity index (χ3v) is 2.96. The van der Waals surface area contributed by atoms with Crippen molar-refractivity contribution in [2.45, 2.75) is 6.92 Å². The van der Waals surface area contributed by atoms with Crippen LogP contribution in [0.15, 0.2) is 48.5 Å². The average molecular weight is 251 g/mol. The first-order valence-electron chi connectivity index (χ1n) is 5.96. The molecule has 19 heavy (non-hydrogen) atoms. The van der Waals surface area contributed by atoms with E-state index in [-0.39, 0.29) is 0 Å². The Morgan fingerprint density at radius 1 is 1.05 bits per heavy atom. The molecule has 94 valence electrons. The van der Waals surface area contributed by atoms with Gasteiger partial charge < -0.3 is 5.73 Å². The second-order valence-corrected chi connectivity index (χ2v) is 4.33. The van der Waals surface area contributed by atoms with Crippen LogP contribution in [0.3, 0.4) is 0 Å². The zero-order valence-electron chi connectivity index (χ0n) is 10.5. The highest BCUT2D eigenvalue weighted by atomic mass is 15.5. The standard InChI is InChI=1S/C14H13N5/c1-10-7-8-12(15)9-13(10)19-14(16-17-18-19)11-5-3-2-4-6-11/h2-9H,15H2,1H3. The number of hydrogen-bond donors (Lipinski definition) is 1. The maximum absolute atomic E-state index is 5.84. The minimum atomic E-state index is 0.690. The molecule has 2 N–H and O–H groups in total. The van der Waals surface area contributed by atoms with Crippen LogP contribution in [0.25, 0.3) is 17.1 Å². The summed E-state index contributed by atoms with van der Waals surface area (Å²) in [6.45, 7) is 2.01. The van der Waals surface area contributed by atoms with E-state index >= 15 is 0 Å². The van der Waals surface area contributed by atoms with E-state index in [0.717, 1.165) is 16.8 Å². The molecule has 3 aromatic rings. The van der Waals surface area contributed by atoms with Crippen molar-refractivity contribution in [1.29, 1.82) is 0 Å². The van der Waals surface area contributed by atoms with Crippen LogP contribution < -0.4 is 5.73 Å². The lowest BCUT2D eigenvalue weighted by Gasteiger charge is -2.08. The summed E-state index contributed by atoms with van der Waals surface area (Å²) in [6, 6.07) is 15.5. The molecule has 5 nitrogen and oxygen atoms in total. The van der Waals surface area contributed by atoms with Gasteiger partial charge in [0.25, 0.3) is 0 Å². The van der Waals surface area contributed by atoms with Crippen molar-refractivity contribution in [3.8, 4) is 17.1 Å². The van der Waals surface area contributed by atoms with Crippen LogP contribution in [0.4, 0.5) is 5.69 Å². The second-order valence-electron chi connectivity index (χ2n) is 4.33. The summed E-state index contributed by atoms with van der Waals surface area (Å²) in [7, 11) is 0. The molecule has 0 amide bonds. The molecule has 1 heterocycles. The molecule has 0 unspecified atom stereocenters. The van der Waals surface area contributed by atoms with Gasteiger partial charge in [-0.2, -0.15) is 4.68 Å². The topological polar surface area (TPSA) is 69.6 Å². The average Bonchev–Trinajstić information content (AvgIpc) is 2.91. The highest BCUT2D eigenvalue weighted by molar-refractivity contribution is 5.60. The monoisotopic (exact) mass is 251 g/mol. The fourth-order valence-electron chi connectivity index (χ4n) is 1.97. The first-order chi connectivity index (χ1) is 9.25. The molecule has 0 aliphatic rings. The Labute approximate surface area is 110 Å². The Kier molecular flexibility index (Phi) is 2.72. The second kappa shape index (κ2) is 4.53. The normalized spacial score (nSPS) is 10.6. The molecule has 3 rings (SSSR count). The van der Waals surface area contributed by atoms with Crippen molar-refractivity contribution < 1.29 is 0 Å². The largest absolute Gasteiger partial charge is 0.399 e. The molecule has 0 aliphatic heterocycles. The molecular weight excluding hydrogens is 238 g/mol. The predicted octanol–water partition coefficient (Wildman–Crippen LogP) is 2.22. The van der Waals surface area contributed by atoms with Gasteiger partial charge in [-0.05, 0) is 35.0 Å². The third kappa shape index (κ3) is 2.06. The molecule has 0 bridgehead atoms. The highest BCUT2D eigenvalue weighted by Crippen LogP contribution is 2.22. The molecule has 5 heteroatoms. The van der Waals surface area contributed by atoms with Crippen LogP contribution in [0.5, 0.6) is 0 Å². The van der Waals surface area contributed by atoms with E-state index in [1.54, 1.807) is 4.68 Å². The SMILES string of the molecule is Cc1ccc(N)cc1-n1nnnc1-c1ccccc1. The van der Waals surface area contributed by atoms with Crippen molar-refractivity contribution in [2.75, 3.05) is 5.73 Å². The van der Waals surface area contributed by atoms with Gasteiger partial charge in [0.2, 0.25) is 0 Å². The molecule has 0 aliphatic carbocycles. The third-order valence-electron chi connectivity index (χ3n) is 2.96. The van der Waals surface area contributed by atoms with E-state index in [9.17, 15) is 0 Å². The Morgan fingerprint density at radius 2 is 1.84 bits per heavy atom. The van der Waals surface area contributed by atoms with Gasteiger partial charge in [0.05, 0.1) is 5.69 Å². The number of nitrogen functional groups attached to an aromatic ring is 1. The smallest absolute Gasteiger partial charge is 0.187 e. The molecular formula is C14H13N5. The Morgan fingerprint density at radius 3 is 2.63 bits per heavy atom. The summed E-state index contributed by atoms with van der Waals surface area (Å²) in [6.07, 6.45) is 0. The summed E-state index contributed by atoms with van der Waals surface area (Å²) in [5.41, 5.74) is 9.46. The number of benzene rings is 2.